The van der Waals surface area contributed by atoms with Crippen LogP contribution in [-0.2, 0) is 4.74 Å². The van der Waals surface area contributed by atoms with Gasteiger partial charge in [-0.1, -0.05) is 24.6 Å². The molecule has 2 nitrogen and oxygen atoms in total. The van der Waals surface area contributed by atoms with Crippen molar-refractivity contribution in [3.63, 3.8) is 0 Å². The Bertz CT molecular complexity index is 402. The summed E-state index contributed by atoms with van der Waals surface area (Å²) >= 11 is 6.05. The van der Waals surface area contributed by atoms with E-state index < -0.39 is 0 Å². The summed E-state index contributed by atoms with van der Waals surface area (Å²) in [6, 6.07) is 6.67. The lowest BCUT2D eigenvalue weighted by Crippen LogP contribution is -2.26. The van der Waals surface area contributed by atoms with Crippen LogP contribution in [0.15, 0.2) is 18.2 Å². The number of aryl methyl sites for hydroxylation is 1. The van der Waals surface area contributed by atoms with Gasteiger partial charge in [0.15, 0.2) is 0 Å². The molecule has 1 aliphatic rings. The third-order valence-corrected chi connectivity index (χ3v) is 4.20. The van der Waals surface area contributed by atoms with Gasteiger partial charge in [0.1, 0.15) is 0 Å². The number of ether oxygens (including phenoxy) is 1. The molecule has 0 bridgehead atoms. The second-order valence-corrected chi connectivity index (χ2v) is 5.84. The van der Waals surface area contributed by atoms with E-state index in [0.29, 0.717) is 6.04 Å². The maximum Gasteiger partial charge on any atom is 0.0468 e. The van der Waals surface area contributed by atoms with E-state index in [0.717, 1.165) is 30.7 Å². The molecule has 1 saturated heterocycles. The molecule has 0 spiro atoms. The molecule has 1 aromatic rings. The van der Waals surface area contributed by atoms with Gasteiger partial charge in [0.2, 0.25) is 0 Å². The molecule has 19 heavy (non-hydrogen) atoms. The highest BCUT2D eigenvalue weighted by molar-refractivity contribution is 6.30. The molecule has 0 aromatic heterocycles. The Morgan fingerprint density at radius 1 is 1.37 bits per heavy atom. The molecule has 2 rings (SSSR count). The standard InChI is InChI=1S/C16H24ClNO/c1-3-18-16(11-13-6-8-19-9-7-13)15-5-4-14(17)10-12(15)2/h4-5,10,13,16,18H,3,6-9,11H2,1-2H3. The van der Waals surface area contributed by atoms with Gasteiger partial charge in [-0.2, -0.15) is 0 Å². The van der Waals surface area contributed by atoms with Gasteiger partial charge in [-0.15, -0.1) is 0 Å². The van der Waals surface area contributed by atoms with Crippen molar-refractivity contribution in [2.75, 3.05) is 19.8 Å². The second-order valence-electron chi connectivity index (χ2n) is 5.40. The fraction of sp³-hybridized carbons (Fsp3) is 0.625. The first-order chi connectivity index (χ1) is 9.20. The minimum absolute atomic E-state index is 0.436. The maximum atomic E-state index is 6.05. The summed E-state index contributed by atoms with van der Waals surface area (Å²) in [5.74, 6) is 0.771. The van der Waals surface area contributed by atoms with Crippen molar-refractivity contribution in [2.24, 2.45) is 5.92 Å². The predicted octanol–water partition coefficient (Wildman–Crippen LogP) is 4.12. The molecular formula is C16H24ClNO. The lowest BCUT2D eigenvalue weighted by atomic mass is 9.88. The number of nitrogens with one attached hydrogen (secondary N) is 1. The number of halogens is 1. The third kappa shape index (κ3) is 4.20. The van der Waals surface area contributed by atoms with Crippen molar-refractivity contribution in [1.29, 1.82) is 0 Å². The van der Waals surface area contributed by atoms with Crippen molar-refractivity contribution in [1.82, 2.24) is 5.32 Å². The van der Waals surface area contributed by atoms with E-state index in [4.69, 9.17) is 16.3 Å². The van der Waals surface area contributed by atoms with Crippen LogP contribution in [0.25, 0.3) is 0 Å². The van der Waals surface area contributed by atoms with Gasteiger partial charge < -0.3 is 10.1 Å². The van der Waals surface area contributed by atoms with Crippen molar-refractivity contribution in [2.45, 2.75) is 39.2 Å². The zero-order chi connectivity index (χ0) is 13.7. The smallest absolute Gasteiger partial charge is 0.0468 e. The second kappa shape index (κ2) is 7.28. The summed E-state index contributed by atoms with van der Waals surface area (Å²) < 4.78 is 5.45. The Morgan fingerprint density at radius 3 is 2.74 bits per heavy atom. The van der Waals surface area contributed by atoms with E-state index >= 15 is 0 Å². The number of hydrogen-bond donors (Lipinski definition) is 1. The van der Waals surface area contributed by atoms with E-state index in [9.17, 15) is 0 Å². The molecule has 106 valence electrons. The average molecular weight is 282 g/mol. The van der Waals surface area contributed by atoms with E-state index in [2.05, 4.69) is 31.3 Å². The minimum Gasteiger partial charge on any atom is -0.381 e. The summed E-state index contributed by atoms with van der Waals surface area (Å²) in [6.45, 7) is 7.15. The third-order valence-electron chi connectivity index (χ3n) is 3.97. The first kappa shape index (κ1) is 14.8. The van der Waals surface area contributed by atoms with Gasteiger partial charge in [-0.3, -0.25) is 0 Å². The van der Waals surface area contributed by atoms with Crippen LogP contribution in [-0.4, -0.2) is 19.8 Å². The first-order valence-electron chi connectivity index (χ1n) is 7.28. The quantitative estimate of drug-likeness (QED) is 0.877. The summed E-state index contributed by atoms with van der Waals surface area (Å²) in [6.07, 6.45) is 3.57. The van der Waals surface area contributed by atoms with Crippen LogP contribution in [0.4, 0.5) is 0 Å². The van der Waals surface area contributed by atoms with Gasteiger partial charge >= 0.3 is 0 Å². The Morgan fingerprint density at radius 2 is 2.11 bits per heavy atom. The normalized spacial score (nSPS) is 18.5. The van der Waals surface area contributed by atoms with Crippen molar-refractivity contribution in [3.05, 3.63) is 34.3 Å². The lowest BCUT2D eigenvalue weighted by molar-refractivity contribution is 0.0605. The molecule has 0 saturated carbocycles. The monoisotopic (exact) mass is 281 g/mol. The number of benzene rings is 1. The molecule has 1 N–H and O–H groups in total. The fourth-order valence-electron chi connectivity index (χ4n) is 2.91. The van der Waals surface area contributed by atoms with Crippen LogP contribution in [0.2, 0.25) is 5.02 Å². The SMILES string of the molecule is CCNC(CC1CCOCC1)c1ccc(Cl)cc1C. The molecule has 0 amide bonds. The van der Waals surface area contributed by atoms with E-state index in [-0.39, 0.29) is 0 Å². The molecule has 1 aliphatic heterocycles. The van der Waals surface area contributed by atoms with Gasteiger partial charge in [0, 0.05) is 24.3 Å². The van der Waals surface area contributed by atoms with Crippen LogP contribution < -0.4 is 5.32 Å². The largest absolute Gasteiger partial charge is 0.381 e. The summed E-state index contributed by atoms with van der Waals surface area (Å²) in [5, 5.41) is 4.44. The molecule has 1 fully saturated rings. The first-order valence-corrected chi connectivity index (χ1v) is 7.65. The molecule has 0 radical (unpaired) electrons. The van der Waals surface area contributed by atoms with Crippen LogP contribution >= 0.6 is 11.6 Å². The fourth-order valence-corrected chi connectivity index (χ4v) is 3.14. The van der Waals surface area contributed by atoms with Crippen LogP contribution in [0.1, 0.15) is 43.4 Å². The molecule has 0 aliphatic carbocycles. The van der Waals surface area contributed by atoms with Gasteiger partial charge in [-0.05, 0) is 61.9 Å². The minimum atomic E-state index is 0.436. The Balaban J connectivity index is 2.09. The number of rotatable bonds is 5. The molecule has 3 heteroatoms. The van der Waals surface area contributed by atoms with E-state index in [1.807, 2.05) is 6.07 Å². The summed E-state index contributed by atoms with van der Waals surface area (Å²) in [4.78, 5) is 0. The van der Waals surface area contributed by atoms with Crippen LogP contribution in [0.5, 0.6) is 0 Å². The van der Waals surface area contributed by atoms with Crippen molar-refractivity contribution >= 4 is 11.6 Å². The maximum absolute atomic E-state index is 6.05. The Hall–Kier alpha value is -0.570. The van der Waals surface area contributed by atoms with Crippen molar-refractivity contribution in [3.8, 4) is 0 Å². The molecule has 1 aromatic carbocycles. The van der Waals surface area contributed by atoms with Crippen LogP contribution in [0, 0.1) is 12.8 Å². The molecule has 1 heterocycles. The topological polar surface area (TPSA) is 21.3 Å². The Kier molecular flexibility index (Phi) is 5.68. The highest BCUT2D eigenvalue weighted by Crippen LogP contribution is 2.30. The number of hydrogen-bond acceptors (Lipinski definition) is 2. The Labute approximate surface area is 121 Å². The van der Waals surface area contributed by atoms with Gasteiger partial charge in [-0.25, -0.2) is 0 Å². The zero-order valence-electron chi connectivity index (χ0n) is 11.9. The molecule has 1 unspecified atom stereocenters. The van der Waals surface area contributed by atoms with E-state index in [1.165, 1.54) is 30.4 Å². The summed E-state index contributed by atoms with van der Waals surface area (Å²) in [7, 11) is 0. The molecular weight excluding hydrogens is 258 g/mol. The zero-order valence-corrected chi connectivity index (χ0v) is 12.7. The average Bonchev–Trinajstić information content (AvgIpc) is 2.39. The van der Waals surface area contributed by atoms with Crippen LogP contribution in [0.3, 0.4) is 0 Å². The lowest BCUT2D eigenvalue weighted by Gasteiger charge is -2.28. The highest BCUT2D eigenvalue weighted by atomic mass is 35.5. The van der Waals surface area contributed by atoms with Gasteiger partial charge in [0.05, 0.1) is 0 Å². The predicted molar refractivity (Wildman–Crippen MR) is 80.8 cm³/mol. The highest BCUT2D eigenvalue weighted by Gasteiger charge is 2.21. The molecule has 1 atom stereocenters. The van der Waals surface area contributed by atoms with Crippen molar-refractivity contribution < 1.29 is 4.74 Å². The van der Waals surface area contributed by atoms with Gasteiger partial charge in [0.25, 0.3) is 0 Å². The summed E-state index contributed by atoms with van der Waals surface area (Å²) in [5.41, 5.74) is 2.67. The van der Waals surface area contributed by atoms with E-state index in [1.54, 1.807) is 0 Å².